The maximum atomic E-state index is 12.5. The third-order valence-electron chi connectivity index (χ3n) is 5.22. The van der Waals surface area contributed by atoms with Gasteiger partial charge in [0.15, 0.2) is 6.61 Å². The zero-order valence-electron chi connectivity index (χ0n) is 17.2. The highest BCUT2D eigenvalue weighted by atomic mass is 16.5. The second-order valence-electron chi connectivity index (χ2n) is 7.26. The van der Waals surface area contributed by atoms with Crippen LogP contribution >= 0.6 is 0 Å². The zero-order chi connectivity index (χ0) is 21.4. The summed E-state index contributed by atoms with van der Waals surface area (Å²) in [7, 11) is 0. The van der Waals surface area contributed by atoms with Crippen LogP contribution < -0.4 is 10.6 Å². The first-order valence-electron chi connectivity index (χ1n) is 9.94. The van der Waals surface area contributed by atoms with E-state index in [-0.39, 0.29) is 6.04 Å². The first-order valence-corrected chi connectivity index (χ1v) is 9.94. The minimum atomic E-state index is -0.969. The smallest absolute Gasteiger partial charge is 0.326 e. The molecule has 4 amide bonds. The van der Waals surface area contributed by atoms with Gasteiger partial charge in [0.2, 0.25) is 0 Å². The maximum absolute atomic E-state index is 12.5. The highest BCUT2D eigenvalue weighted by molar-refractivity contribution is 6.08. The van der Waals surface area contributed by atoms with E-state index in [1.165, 1.54) is 5.56 Å². The van der Waals surface area contributed by atoms with Crippen LogP contribution in [0.5, 0.6) is 0 Å². The SMILES string of the molecule is CCC1(CC)NC(=O)N(CC(=O)OCC(=O)N[C@@H](C)CCc2ccccc2)C1=O. The van der Waals surface area contributed by atoms with Crippen molar-refractivity contribution in [1.29, 1.82) is 0 Å². The Bertz CT molecular complexity index is 746. The van der Waals surface area contributed by atoms with Crippen LogP contribution in [-0.4, -0.2) is 53.4 Å². The molecule has 1 aromatic rings. The fraction of sp³-hybridized carbons (Fsp3) is 0.524. The first kappa shape index (κ1) is 22.4. The number of nitrogens with zero attached hydrogens (tertiary/aromatic N) is 1. The topological polar surface area (TPSA) is 105 Å². The van der Waals surface area contributed by atoms with Crippen molar-refractivity contribution >= 4 is 23.8 Å². The van der Waals surface area contributed by atoms with Crippen LogP contribution in [0.15, 0.2) is 30.3 Å². The van der Waals surface area contributed by atoms with Crippen molar-refractivity contribution in [2.75, 3.05) is 13.2 Å². The van der Waals surface area contributed by atoms with Gasteiger partial charge in [-0.1, -0.05) is 44.2 Å². The van der Waals surface area contributed by atoms with Gasteiger partial charge >= 0.3 is 12.0 Å². The monoisotopic (exact) mass is 403 g/mol. The van der Waals surface area contributed by atoms with Gasteiger partial charge in [-0.3, -0.25) is 19.3 Å². The van der Waals surface area contributed by atoms with E-state index in [4.69, 9.17) is 4.74 Å². The normalized spacial score (nSPS) is 16.3. The number of aryl methyl sites for hydroxylation is 1. The molecular formula is C21H29N3O5. The lowest BCUT2D eigenvalue weighted by Gasteiger charge is -2.22. The standard InChI is InChI=1S/C21H29N3O5/c1-4-21(5-2)19(27)24(20(28)23-21)13-18(26)29-14-17(25)22-15(3)11-12-16-9-7-6-8-10-16/h6-10,15H,4-5,11-14H2,1-3H3,(H,22,25)(H,23,28)/t15-/m0/s1. The van der Waals surface area contributed by atoms with Crippen molar-refractivity contribution in [3.05, 3.63) is 35.9 Å². The number of ether oxygens (including phenoxy) is 1. The molecule has 1 saturated heterocycles. The predicted molar refractivity (Wildman–Crippen MR) is 107 cm³/mol. The number of nitrogens with one attached hydrogen (secondary N) is 2. The number of urea groups is 1. The molecule has 0 saturated carbocycles. The van der Waals surface area contributed by atoms with Crippen LogP contribution in [0.25, 0.3) is 0 Å². The Morgan fingerprint density at radius 2 is 1.83 bits per heavy atom. The number of imide groups is 1. The summed E-state index contributed by atoms with van der Waals surface area (Å²) in [5.74, 6) is -1.67. The number of esters is 1. The van der Waals surface area contributed by atoms with Gasteiger partial charge in [-0.25, -0.2) is 4.79 Å². The Hall–Kier alpha value is -2.90. The molecule has 2 rings (SSSR count). The lowest BCUT2D eigenvalue weighted by atomic mass is 9.93. The summed E-state index contributed by atoms with van der Waals surface area (Å²) < 4.78 is 4.94. The maximum Gasteiger partial charge on any atom is 0.326 e. The van der Waals surface area contributed by atoms with Gasteiger partial charge in [-0.2, -0.15) is 0 Å². The zero-order valence-corrected chi connectivity index (χ0v) is 17.2. The average molecular weight is 403 g/mol. The Balaban J connectivity index is 1.73. The van der Waals surface area contributed by atoms with E-state index >= 15 is 0 Å². The summed E-state index contributed by atoms with van der Waals surface area (Å²) in [6.07, 6.45) is 2.44. The number of hydrogen-bond donors (Lipinski definition) is 2. The number of rotatable bonds is 10. The van der Waals surface area contributed by atoms with Crippen LogP contribution in [-0.2, 0) is 25.5 Å². The van der Waals surface area contributed by atoms with Gasteiger partial charge in [-0.05, 0) is 38.2 Å². The molecule has 1 fully saturated rings. The lowest BCUT2D eigenvalue weighted by molar-refractivity contribution is -0.151. The molecule has 2 N–H and O–H groups in total. The van der Waals surface area contributed by atoms with Crippen LogP contribution in [0.3, 0.4) is 0 Å². The molecule has 8 heteroatoms. The highest BCUT2D eigenvalue weighted by Gasteiger charge is 2.49. The summed E-state index contributed by atoms with van der Waals surface area (Å²) in [5.41, 5.74) is 0.215. The molecule has 0 aliphatic carbocycles. The molecule has 0 spiro atoms. The van der Waals surface area contributed by atoms with Crippen molar-refractivity contribution < 1.29 is 23.9 Å². The third-order valence-corrected chi connectivity index (χ3v) is 5.22. The Kier molecular flexibility index (Phi) is 7.75. The van der Waals surface area contributed by atoms with Gasteiger partial charge < -0.3 is 15.4 Å². The summed E-state index contributed by atoms with van der Waals surface area (Å²) in [5, 5.41) is 5.41. The highest BCUT2D eigenvalue weighted by Crippen LogP contribution is 2.24. The number of carbonyl (C=O) groups is 4. The fourth-order valence-corrected chi connectivity index (χ4v) is 3.29. The molecule has 0 unspecified atom stereocenters. The third kappa shape index (κ3) is 5.79. The number of benzene rings is 1. The van der Waals surface area contributed by atoms with Crippen LogP contribution in [0, 0.1) is 0 Å². The van der Waals surface area contributed by atoms with E-state index in [0.717, 1.165) is 17.7 Å². The quantitative estimate of drug-likeness (QED) is 0.458. The second-order valence-corrected chi connectivity index (χ2v) is 7.26. The van der Waals surface area contributed by atoms with Gasteiger partial charge in [0.1, 0.15) is 12.1 Å². The molecule has 29 heavy (non-hydrogen) atoms. The minimum Gasteiger partial charge on any atom is -0.454 e. The molecule has 0 radical (unpaired) electrons. The van der Waals surface area contributed by atoms with Crippen LogP contribution in [0.2, 0.25) is 0 Å². The summed E-state index contributed by atoms with van der Waals surface area (Å²) >= 11 is 0. The number of amides is 4. The molecule has 8 nitrogen and oxygen atoms in total. The Labute approximate surface area is 171 Å². The van der Waals surface area contributed by atoms with Gasteiger partial charge in [0.25, 0.3) is 11.8 Å². The van der Waals surface area contributed by atoms with Crippen LogP contribution in [0.1, 0.15) is 45.6 Å². The predicted octanol–water partition coefficient (Wildman–Crippen LogP) is 1.78. The average Bonchev–Trinajstić information content (AvgIpc) is 2.96. The Morgan fingerprint density at radius 1 is 1.17 bits per heavy atom. The fourth-order valence-electron chi connectivity index (χ4n) is 3.29. The molecule has 1 heterocycles. The van der Waals surface area contributed by atoms with E-state index < -0.39 is 42.5 Å². The minimum absolute atomic E-state index is 0.0814. The van der Waals surface area contributed by atoms with E-state index in [0.29, 0.717) is 12.8 Å². The molecule has 1 aliphatic heterocycles. The molecule has 1 aliphatic rings. The Morgan fingerprint density at radius 3 is 2.41 bits per heavy atom. The number of carbonyl (C=O) groups excluding carboxylic acids is 4. The van der Waals surface area contributed by atoms with E-state index in [2.05, 4.69) is 10.6 Å². The van der Waals surface area contributed by atoms with Crippen LogP contribution in [0.4, 0.5) is 4.79 Å². The van der Waals surface area contributed by atoms with Gasteiger partial charge in [0, 0.05) is 6.04 Å². The van der Waals surface area contributed by atoms with Gasteiger partial charge in [-0.15, -0.1) is 0 Å². The van der Waals surface area contributed by atoms with E-state index in [9.17, 15) is 19.2 Å². The van der Waals surface area contributed by atoms with E-state index in [1.807, 2.05) is 37.3 Å². The van der Waals surface area contributed by atoms with Crippen molar-refractivity contribution in [2.45, 2.75) is 58.0 Å². The first-order chi connectivity index (χ1) is 13.8. The van der Waals surface area contributed by atoms with Crippen molar-refractivity contribution in [3.63, 3.8) is 0 Å². The molecule has 0 aromatic heterocycles. The molecule has 1 aromatic carbocycles. The van der Waals surface area contributed by atoms with Crippen molar-refractivity contribution in [2.24, 2.45) is 0 Å². The molecular weight excluding hydrogens is 374 g/mol. The summed E-state index contributed by atoms with van der Waals surface area (Å²) in [6.45, 7) is 4.51. The van der Waals surface area contributed by atoms with Crippen molar-refractivity contribution in [1.82, 2.24) is 15.5 Å². The largest absolute Gasteiger partial charge is 0.454 e. The number of hydrogen-bond acceptors (Lipinski definition) is 5. The second kappa shape index (κ2) is 10.0. The molecule has 158 valence electrons. The van der Waals surface area contributed by atoms with Crippen molar-refractivity contribution in [3.8, 4) is 0 Å². The van der Waals surface area contributed by atoms with Gasteiger partial charge in [0.05, 0.1) is 0 Å². The summed E-state index contributed by atoms with van der Waals surface area (Å²) in [4.78, 5) is 49.3. The van der Waals surface area contributed by atoms with E-state index in [1.54, 1.807) is 13.8 Å². The lowest BCUT2D eigenvalue weighted by Crippen LogP contribution is -2.46. The molecule has 0 bridgehead atoms. The summed E-state index contributed by atoms with van der Waals surface area (Å²) in [6, 6.07) is 9.24. The molecule has 1 atom stereocenters.